The molecule has 0 aliphatic heterocycles. The predicted molar refractivity (Wildman–Crippen MR) is 297 cm³/mol. The molecule has 0 fully saturated rings. The number of rotatable bonds is 8. The molecule has 13 aromatic rings. The van der Waals surface area contributed by atoms with E-state index in [4.69, 9.17) is 4.42 Å². The molecule has 1 heterocycles. The molecule has 332 valence electrons. The highest BCUT2D eigenvalue weighted by atomic mass is 16.3. The number of para-hydroxylation sites is 2. The molecule has 0 bridgehead atoms. The second-order valence-electron chi connectivity index (χ2n) is 18.7. The van der Waals surface area contributed by atoms with Gasteiger partial charge in [0, 0.05) is 33.2 Å². The van der Waals surface area contributed by atoms with Crippen molar-refractivity contribution in [2.75, 3.05) is 4.90 Å². The highest BCUT2D eigenvalue weighted by molar-refractivity contribution is 6.14. The molecule has 0 amide bonds. The first-order chi connectivity index (χ1) is 35.2. The third kappa shape index (κ3) is 6.35. The van der Waals surface area contributed by atoms with Gasteiger partial charge in [0.1, 0.15) is 11.2 Å². The third-order valence-corrected chi connectivity index (χ3v) is 14.9. The van der Waals surface area contributed by atoms with Crippen LogP contribution in [-0.2, 0) is 5.41 Å². The fourth-order valence-corrected chi connectivity index (χ4v) is 11.9. The molecule has 1 aliphatic carbocycles. The Bertz CT molecular complexity index is 4110. The average Bonchev–Trinajstić information content (AvgIpc) is 3.99. The molecule has 2 nitrogen and oxygen atoms in total. The lowest BCUT2D eigenvalue weighted by molar-refractivity contribution is 0.670. The minimum absolute atomic E-state index is 0.570. The van der Waals surface area contributed by atoms with E-state index < -0.39 is 5.41 Å². The summed E-state index contributed by atoms with van der Waals surface area (Å²) in [7, 11) is 0. The molecule has 1 aliphatic rings. The van der Waals surface area contributed by atoms with E-state index in [0.29, 0.717) is 0 Å². The number of benzene rings is 12. The van der Waals surface area contributed by atoms with Crippen molar-refractivity contribution in [1.29, 1.82) is 0 Å². The Balaban J connectivity index is 1.06. The molecule has 0 spiro atoms. The highest BCUT2D eigenvalue weighted by Gasteiger charge is 2.47. The average molecular weight is 904 g/mol. The van der Waals surface area contributed by atoms with Crippen LogP contribution in [0.15, 0.2) is 277 Å². The van der Waals surface area contributed by atoms with E-state index in [-0.39, 0.29) is 0 Å². The number of fused-ring (bicyclic) bond motifs is 9. The van der Waals surface area contributed by atoms with Gasteiger partial charge in [0.25, 0.3) is 0 Å². The van der Waals surface area contributed by atoms with Crippen molar-refractivity contribution in [3.05, 3.63) is 295 Å². The number of hydrogen-bond donors (Lipinski definition) is 0. The van der Waals surface area contributed by atoms with Crippen molar-refractivity contribution < 1.29 is 4.42 Å². The quantitative estimate of drug-likeness (QED) is 0.141. The first-order valence-electron chi connectivity index (χ1n) is 24.5. The van der Waals surface area contributed by atoms with Gasteiger partial charge in [-0.25, -0.2) is 0 Å². The van der Waals surface area contributed by atoms with Gasteiger partial charge in [-0.15, -0.1) is 0 Å². The topological polar surface area (TPSA) is 16.4 Å². The maximum atomic E-state index is 6.60. The summed E-state index contributed by atoms with van der Waals surface area (Å²) in [6.45, 7) is 0. The van der Waals surface area contributed by atoms with Crippen LogP contribution in [0.3, 0.4) is 0 Å². The number of anilines is 3. The molecule has 0 radical (unpaired) electrons. The lowest BCUT2D eigenvalue weighted by Gasteiger charge is -2.34. The zero-order valence-electron chi connectivity index (χ0n) is 38.8. The Labute approximate surface area is 413 Å². The second kappa shape index (κ2) is 16.5. The summed E-state index contributed by atoms with van der Waals surface area (Å²) >= 11 is 0. The SMILES string of the molecule is c1ccc(-c2ccc(-c3cc4ccccc4c4ccccc34)cc2N(c2ccc(-c3cccc4c3oc3ccccc34)cc2)c2cccc3c2-c2ccccc2C3(c2ccccc2)c2ccccc2)cc1. The fourth-order valence-electron chi connectivity index (χ4n) is 11.9. The Hall–Kier alpha value is -9.24. The molecular formula is C69H45NO. The standard InChI is InChI=1S/C69H45NO/c1-4-20-46(21-5-1)54-43-40-49(61-44-48-22-10-11-27-53(48)56-28-12-13-29-57(56)61)45-65(54)70(52-41-38-47(39-42-52)55-32-18-33-59-58-30-15-17-37-66(58)71-68(55)59)64-36-19-35-63-67(64)60-31-14-16-34-62(60)69(63,50-23-6-2-7-24-50)51-25-8-3-9-26-51/h1-45H. The van der Waals surface area contributed by atoms with Crippen molar-refractivity contribution in [2.45, 2.75) is 5.41 Å². The summed E-state index contributed by atoms with van der Waals surface area (Å²) in [6.07, 6.45) is 0. The second-order valence-corrected chi connectivity index (χ2v) is 18.7. The number of nitrogens with zero attached hydrogens (tertiary/aromatic N) is 1. The number of hydrogen-bond acceptors (Lipinski definition) is 2. The lowest BCUT2D eigenvalue weighted by Crippen LogP contribution is -2.28. The fraction of sp³-hybridized carbons (Fsp3) is 0.0145. The summed E-state index contributed by atoms with van der Waals surface area (Å²) < 4.78 is 6.60. The van der Waals surface area contributed by atoms with E-state index >= 15 is 0 Å². The summed E-state index contributed by atoms with van der Waals surface area (Å²) in [6, 6.07) is 100. The molecule has 0 atom stereocenters. The van der Waals surface area contributed by atoms with Gasteiger partial charge in [-0.3, -0.25) is 0 Å². The van der Waals surface area contributed by atoms with Crippen LogP contribution in [0.4, 0.5) is 17.1 Å². The molecule has 1 aromatic heterocycles. The van der Waals surface area contributed by atoms with Crippen LogP contribution >= 0.6 is 0 Å². The van der Waals surface area contributed by atoms with Gasteiger partial charge in [-0.2, -0.15) is 0 Å². The van der Waals surface area contributed by atoms with Crippen LogP contribution < -0.4 is 4.90 Å². The highest BCUT2D eigenvalue weighted by Crippen LogP contribution is 2.60. The lowest BCUT2D eigenvalue weighted by atomic mass is 9.68. The molecule has 0 saturated heterocycles. The van der Waals surface area contributed by atoms with Gasteiger partial charge in [0.05, 0.1) is 16.8 Å². The Morgan fingerprint density at radius 3 is 1.65 bits per heavy atom. The van der Waals surface area contributed by atoms with E-state index in [9.17, 15) is 0 Å². The predicted octanol–water partition coefficient (Wildman–Crippen LogP) is 18.7. The van der Waals surface area contributed by atoms with E-state index in [1.807, 2.05) is 6.07 Å². The number of furan rings is 1. The normalized spacial score (nSPS) is 12.6. The van der Waals surface area contributed by atoms with E-state index in [0.717, 1.165) is 66.8 Å². The van der Waals surface area contributed by atoms with Crippen LogP contribution in [0.25, 0.3) is 88.0 Å². The Kier molecular flexibility index (Phi) is 9.47. The monoisotopic (exact) mass is 903 g/mol. The van der Waals surface area contributed by atoms with Crippen LogP contribution in [0.5, 0.6) is 0 Å². The molecule has 71 heavy (non-hydrogen) atoms. The van der Waals surface area contributed by atoms with Crippen LogP contribution in [0.2, 0.25) is 0 Å². The van der Waals surface area contributed by atoms with Crippen molar-refractivity contribution >= 4 is 60.5 Å². The van der Waals surface area contributed by atoms with Crippen LogP contribution in [0.1, 0.15) is 22.3 Å². The van der Waals surface area contributed by atoms with Crippen molar-refractivity contribution in [2.24, 2.45) is 0 Å². The minimum atomic E-state index is -0.570. The van der Waals surface area contributed by atoms with Crippen molar-refractivity contribution in [1.82, 2.24) is 0 Å². The smallest absolute Gasteiger partial charge is 0.143 e. The van der Waals surface area contributed by atoms with E-state index in [1.54, 1.807) is 0 Å². The van der Waals surface area contributed by atoms with Crippen LogP contribution in [-0.4, -0.2) is 0 Å². The molecule has 2 heteroatoms. The zero-order valence-corrected chi connectivity index (χ0v) is 38.8. The van der Waals surface area contributed by atoms with Gasteiger partial charge >= 0.3 is 0 Å². The minimum Gasteiger partial charge on any atom is -0.455 e. The van der Waals surface area contributed by atoms with Gasteiger partial charge in [-0.1, -0.05) is 237 Å². The van der Waals surface area contributed by atoms with E-state index in [2.05, 4.69) is 272 Å². The first kappa shape index (κ1) is 40.8. The Morgan fingerprint density at radius 1 is 0.310 bits per heavy atom. The summed E-state index contributed by atoms with van der Waals surface area (Å²) in [5.41, 5.74) is 18.7. The first-order valence-corrected chi connectivity index (χ1v) is 24.5. The van der Waals surface area contributed by atoms with Crippen molar-refractivity contribution in [3.8, 4) is 44.5 Å². The molecule has 12 aromatic carbocycles. The molecule has 0 N–H and O–H groups in total. The van der Waals surface area contributed by atoms with Gasteiger partial charge in [0.2, 0.25) is 0 Å². The molecular weight excluding hydrogens is 859 g/mol. The largest absolute Gasteiger partial charge is 0.455 e. The van der Waals surface area contributed by atoms with Crippen LogP contribution in [0, 0.1) is 0 Å². The molecule has 0 unspecified atom stereocenters. The summed E-state index contributed by atoms with van der Waals surface area (Å²) in [5.74, 6) is 0. The van der Waals surface area contributed by atoms with Crippen molar-refractivity contribution in [3.63, 3.8) is 0 Å². The maximum absolute atomic E-state index is 6.60. The summed E-state index contributed by atoms with van der Waals surface area (Å²) in [4.78, 5) is 2.53. The zero-order chi connectivity index (χ0) is 46.9. The molecule has 14 rings (SSSR count). The van der Waals surface area contributed by atoms with Gasteiger partial charge in [-0.05, 0) is 108 Å². The van der Waals surface area contributed by atoms with E-state index in [1.165, 1.54) is 60.5 Å². The Morgan fingerprint density at radius 2 is 0.873 bits per heavy atom. The van der Waals surface area contributed by atoms with Gasteiger partial charge in [0.15, 0.2) is 0 Å². The third-order valence-electron chi connectivity index (χ3n) is 14.9. The molecule has 0 saturated carbocycles. The maximum Gasteiger partial charge on any atom is 0.143 e. The van der Waals surface area contributed by atoms with Gasteiger partial charge < -0.3 is 9.32 Å². The summed E-state index contributed by atoms with van der Waals surface area (Å²) in [5, 5.41) is 7.19.